The van der Waals surface area contributed by atoms with E-state index in [1.165, 1.54) is 0 Å². The summed E-state index contributed by atoms with van der Waals surface area (Å²) in [7, 11) is 1.58. The molecular formula is C25H26N6O4. The van der Waals surface area contributed by atoms with Crippen molar-refractivity contribution in [2.75, 3.05) is 52.0 Å². The average Bonchev–Trinajstić information content (AvgIpc) is 2.90. The molecule has 2 N–H and O–H groups in total. The van der Waals surface area contributed by atoms with Gasteiger partial charge in [-0.3, -0.25) is 14.7 Å². The first-order valence-corrected chi connectivity index (χ1v) is 11.2. The van der Waals surface area contributed by atoms with Crippen LogP contribution in [-0.2, 0) is 4.74 Å². The lowest BCUT2D eigenvalue weighted by Gasteiger charge is -2.26. The van der Waals surface area contributed by atoms with E-state index < -0.39 is 5.56 Å². The van der Waals surface area contributed by atoms with E-state index in [2.05, 4.69) is 25.4 Å². The molecule has 180 valence electrons. The molecule has 1 aliphatic rings. The van der Waals surface area contributed by atoms with Gasteiger partial charge in [-0.1, -0.05) is 36.4 Å². The highest BCUT2D eigenvalue weighted by atomic mass is 16.5. The lowest BCUT2D eigenvalue weighted by molar-refractivity contribution is 0.0321. The second kappa shape index (κ2) is 11.8. The Hall–Kier alpha value is -4.20. The number of nitrogens with one attached hydrogen (secondary N) is 2. The second-order valence-corrected chi connectivity index (χ2v) is 7.67. The molecule has 0 aliphatic carbocycles. The molecule has 0 saturated carbocycles. The maximum Gasteiger partial charge on any atom is 0.270 e. The van der Waals surface area contributed by atoms with E-state index in [4.69, 9.17) is 14.2 Å². The maximum absolute atomic E-state index is 12.4. The summed E-state index contributed by atoms with van der Waals surface area (Å²) in [6.45, 7) is 4.49. The van der Waals surface area contributed by atoms with Crippen LogP contribution in [0.15, 0.2) is 58.4 Å². The van der Waals surface area contributed by atoms with Crippen LogP contribution in [0.3, 0.4) is 0 Å². The number of hydrogen-bond acceptors (Lipinski definition) is 9. The predicted octanol–water partition coefficient (Wildman–Crippen LogP) is 2.47. The number of para-hydroxylation sites is 1. The fraction of sp³-hybridized carbons (Fsp3) is 0.280. The number of anilines is 1. The number of benzene rings is 2. The summed E-state index contributed by atoms with van der Waals surface area (Å²) in [5.41, 5.74) is 3.77. The number of methoxy groups -OCH3 is 1. The highest BCUT2D eigenvalue weighted by molar-refractivity contribution is 5.85. The number of hydrogen-bond donors (Lipinski definition) is 2. The smallest absolute Gasteiger partial charge is 0.270 e. The van der Waals surface area contributed by atoms with Gasteiger partial charge in [-0.2, -0.15) is 10.4 Å². The van der Waals surface area contributed by atoms with E-state index in [0.717, 1.165) is 32.8 Å². The molecule has 10 nitrogen and oxygen atoms in total. The Balaban J connectivity index is 1.51. The Morgan fingerprint density at radius 1 is 1.23 bits per heavy atom. The van der Waals surface area contributed by atoms with Gasteiger partial charge in [0.15, 0.2) is 11.5 Å². The lowest BCUT2D eigenvalue weighted by Crippen LogP contribution is -2.38. The van der Waals surface area contributed by atoms with Crippen LogP contribution in [0.2, 0.25) is 0 Å². The van der Waals surface area contributed by atoms with Gasteiger partial charge in [0.05, 0.1) is 32.2 Å². The Labute approximate surface area is 202 Å². The van der Waals surface area contributed by atoms with Crippen molar-refractivity contribution in [1.29, 1.82) is 5.26 Å². The van der Waals surface area contributed by atoms with Crippen LogP contribution in [0.4, 0.5) is 5.95 Å². The molecule has 4 rings (SSSR count). The molecule has 3 aromatic rings. The van der Waals surface area contributed by atoms with Crippen LogP contribution in [0, 0.1) is 11.3 Å². The molecule has 10 heteroatoms. The molecule has 0 atom stereocenters. The number of H-pyrrole nitrogens is 1. The summed E-state index contributed by atoms with van der Waals surface area (Å²) in [6, 6.07) is 16.5. The summed E-state index contributed by atoms with van der Waals surface area (Å²) in [5, 5.41) is 13.6. The quantitative estimate of drug-likeness (QED) is 0.358. The lowest BCUT2D eigenvalue weighted by atomic mass is 10.1. The molecule has 35 heavy (non-hydrogen) atoms. The van der Waals surface area contributed by atoms with E-state index in [9.17, 15) is 10.1 Å². The number of morpholine rings is 1. The third-order valence-corrected chi connectivity index (χ3v) is 5.44. The van der Waals surface area contributed by atoms with Gasteiger partial charge in [0.1, 0.15) is 18.2 Å². The largest absolute Gasteiger partial charge is 0.493 e. The Kier molecular flexibility index (Phi) is 8.06. The number of rotatable bonds is 9. The SMILES string of the molecule is COc1cccc(C=NNc2nc(-c3ccccc3)c(C#N)c(=O)[nH]2)c1OCCN1CCOCC1. The molecular weight excluding hydrogens is 448 g/mol. The molecule has 0 spiro atoms. The minimum Gasteiger partial charge on any atom is -0.493 e. The van der Waals surface area contributed by atoms with Gasteiger partial charge in [0, 0.05) is 30.8 Å². The Morgan fingerprint density at radius 2 is 2.03 bits per heavy atom. The average molecular weight is 475 g/mol. The van der Waals surface area contributed by atoms with Crippen LogP contribution >= 0.6 is 0 Å². The van der Waals surface area contributed by atoms with Crippen molar-refractivity contribution in [3.05, 3.63) is 70.0 Å². The molecule has 0 radical (unpaired) electrons. The van der Waals surface area contributed by atoms with Crippen molar-refractivity contribution in [3.63, 3.8) is 0 Å². The molecule has 2 heterocycles. The minimum atomic E-state index is -0.549. The standard InChI is InChI=1S/C25H26N6O4/c1-33-21-9-5-8-19(23(21)35-15-12-31-10-13-34-14-11-31)17-27-30-25-28-22(18-6-3-2-4-7-18)20(16-26)24(32)29-25/h2-9,17H,10-15H2,1H3,(H2,28,29,30,32). The fourth-order valence-corrected chi connectivity index (χ4v) is 3.65. The van der Waals surface area contributed by atoms with Gasteiger partial charge < -0.3 is 14.2 Å². The number of nitriles is 1. The first kappa shape index (κ1) is 23.9. The van der Waals surface area contributed by atoms with Gasteiger partial charge in [0.2, 0.25) is 5.95 Å². The van der Waals surface area contributed by atoms with Crippen molar-refractivity contribution in [1.82, 2.24) is 14.9 Å². The third-order valence-electron chi connectivity index (χ3n) is 5.44. The number of aromatic amines is 1. The highest BCUT2D eigenvalue weighted by Crippen LogP contribution is 2.30. The molecule has 1 aromatic heterocycles. The van der Waals surface area contributed by atoms with Crippen molar-refractivity contribution in [3.8, 4) is 28.8 Å². The predicted molar refractivity (Wildman–Crippen MR) is 132 cm³/mol. The third kappa shape index (κ3) is 6.03. The van der Waals surface area contributed by atoms with Crippen molar-refractivity contribution >= 4 is 12.2 Å². The molecule has 2 aromatic carbocycles. The molecule has 0 bridgehead atoms. The molecule has 1 saturated heterocycles. The summed E-state index contributed by atoms with van der Waals surface area (Å²) >= 11 is 0. The maximum atomic E-state index is 12.4. The first-order chi connectivity index (χ1) is 17.2. The summed E-state index contributed by atoms with van der Waals surface area (Å²) in [6.07, 6.45) is 1.56. The Morgan fingerprint density at radius 3 is 2.77 bits per heavy atom. The zero-order chi connectivity index (χ0) is 24.5. The topological polar surface area (TPSA) is 125 Å². The van der Waals surface area contributed by atoms with Gasteiger partial charge in [-0.05, 0) is 12.1 Å². The van der Waals surface area contributed by atoms with Gasteiger partial charge in [0.25, 0.3) is 5.56 Å². The van der Waals surface area contributed by atoms with Crippen LogP contribution in [0.5, 0.6) is 11.5 Å². The van der Waals surface area contributed by atoms with Crippen molar-refractivity contribution in [2.24, 2.45) is 5.10 Å². The van der Waals surface area contributed by atoms with Gasteiger partial charge in [-0.15, -0.1) is 0 Å². The number of hydrazone groups is 1. The molecule has 0 unspecified atom stereocenters. The van der Waals surface area contributed by atoms with Crippen molar-refractivity contribution in [2.45, 2.75) is 0 Å². The summed E-state index contributed by atoms with van der Waals surface area (Å²) in [4.78, 5) is 21.6. The monoisotopic (exact) mass is 474 g/mol. The molecule has 0 amide bonds. The van der Waals surface area contributed by atoms with E-state index >= 15 is 0 Å². The van der Waals surface area contributed by atoms with E-state index in [1.54, 1.807) is 25.5 Å². The summed E-state index contributed by atoms with van der Waals surface area (Å²) in [5.74, 6) is 1.27. The van der Waals surface area contributed by atoms with Crippen LogP contribution in [-0.4, -0.2) is 67.6 Å². The number of nitrogens with zero attached hydrogens (tertiary/aromatic N) is 4. The normalized spacial score (nSPS) is 13.9. The van der Waals surface area contributed by atoms with Crippen LogP contribution < -0.4 is 20.5 Å². The van der Waals surface area contributed by atoms with E-state index in [0.29, 0.717) is 29.2 Å². The van der Waals surface area contributed by atoms with Crippen molar-refractivity contribution < 1.29 is 14.2 Å². The van der Waals surface area contributed by atoms with E-state index in [1.807, 2.05) is 42.5 Å². The zero-order valence-electron chi connectivity index (χ0n) is 19.4. The van der Waals surface area contributed by atoms with Gasteiger partial charge >= 0.3 is 0 Å². The minimum absolute atomic E-state index is 0.0607. The number of ether oxygens (including phenoxy) is 3. The van der Waals surface area contributed by atoms with E-state index in [-0.39, 0.29) is 17.2 Å². The Bertz CT molecular complexity index is 1260. The molecule has 1 aliphatic heterocycles. The fourth-order valence-electron chi connectivity index (χ4n) is 3.65. The number of aromatic nitrogens is 2. The zero-order valence-corrected chi connectivity index (χ0v) is 19.4. The molecule has 1 fully saturated rings. The van der Waals surface area contributed by atoms with Crippen LogP contribution in [0.1, 0.15) is 11.1 Å². The first-order valence-electron chi connectivity index (χ1n) is 11.2. The summed E-state index contributed by atoms with van der Waals surface area (Å²) < 4.78 is 16.9. The van der Waals surface area contributed by atoms with Crippen LogP contribution in [0.25, 0.3) is 11.3 Å². The van der Waals surface area contributed by atoms with Gasteiger partial charge in [-0.25, -0.2) is 10.4 Å². The highest BCUT2D eigenvalue weighted by Gasteiger charge is 2.14. The second-order valence-electron chi connectivity index (χ2n) is 7.67.